The van der Waals surface area contributed by atoms with Crippen LogP contribution in [-0.4, -0.2) is 0 Å². The predicted molar refractivity (Wildman–Crippen MR) is 153 cm³/mol. The maximum absolute atomic E-state index is 3.95. The van der Waals surface area contributed by atoms with Crippen molar-refractivity contribution in [1.29, 1.82) is 0 Å². The van der Waals surface area contributed by atoms with E-state index in [0.29, 0.717) is 5.92 Å². The minimum atomic E-state index is 0.446. The van der Waals surface area contributed by atoms with Gasteiger partial charge in [0.05, 0.1) is 0 Å². The third kappa shape index (κ3) is 3.72. The number of fused-ring (bicyclic) bond motifs is 3. The Balaban J connectivity index is 1.68. The summed E-state index contributed by atoms with van der Waals surface area (Å²) >= 11 is 0. The van der Waals surface area contributed by atoms with E-state index in [1.807, 2.05) is 6.08 Å². The van der Waals surface area contributed by atoms with Crippen LogP contribution in [0, 0.1) is 0 Å². The third-order valence-corrected chi connectivity index (χ3v) is 7.23. The lowest BCUT2D eigenvalue weighted by Crippen LogP contribution is -1.94. The monoisotopic (exact) mass is 448 g/mol. The zero-order chi connectivity index (χ0) is 23.8. The minimum absolute atomic E-state index is 0.446. The molecule has 168 valence electrons. The van der Waals surface area contributed by atoms with Crippen molar-refractivity contribution in [1.82, 2.24) is 0 Å². The van der Waals surface area contributed by atoms with Crippen LogP contribution in [-0.2, 0) is 0 Å². The second-order valence-corrected chi connectivity index (χ2v) is 9.45. The standard InChI is InChI=1S/C35H28/c1-3-11-24(2)26-14-10-15-28(22-26)34-30-16-6-8-18-32(30)35(33-19-9-7-17-31(33)34)29-21-20-25-12-4-5-13-27(25)23-29/h3-10,12-24H,1,11H2,2H3. The first kappa shape index (κ1) is 21.4. The van der Waals surface area contributed by atoms with Gasteiger partial charge in [0.25, 0.3) is 0 Å². The minimum Gasteiger partial charge on any atom is -0.103 e. The molecule has 0 heteroatoms. The zero-order valence-corrected chi connectivity index (χ0v) is 20.0. The Morgan fingerprint density at radius 3 is 1.71 bits per heavy atom. The molecule has 0 N–H and O–H groups in total. The molecule has 0 nitrogen and oxygen atoms in total. The van der Waals surface area contributed by atoms with Gasteiger partial charge in [-0.25, -0.2) is 0 Å². The summed E-state index contributed by atoms with van der Waals surface area (Å²) in [6.45, 7) is 6.22. The summed E-state index contributed by atoms with van der Waals surface area (Å²) in [5, 5.41) is 7.71. The SMILES string of the molecule is C=CCC(C)c1cccc(-c2c3ccccc3c(-c3ccc4ccccc4c3)c3ccccc23)c1. The van der Waals surface area contributed by atoms with Gasteiger partial charge in [0.15, 0.2) is 0 Å². The molecule has 0 aromatic heterocycles. The molecule has 0 aliphatic heterocycles. The Hall–Kier alpha value is -4.16. The van der Waals surface area contributed by atoms with E-state index in [1.54, 1.807) is 0 Å². The van der Waals surface area contributed by atoms with E-state index in [4.69, 9.17) is 0 Å². The van der Waals surface area contributed by atoms with Crippen LogP contribution in [0.1, 0.15) is 24.8 Å². The smallest absolute Gasteiger partial charge is 0.00262 e. The molecule has 0 aliphatic carbocycles. The lowest BCUT2D eigenvalue weighted by atomic mass is 9.84. The molecule has 0 heterocycles. The first-order valence-electron chi connectivity index (χ1n) is 12.4. The fraction of sp³-hybridized carbons (Fsp3) is 0.0857. The molecular formula is C35H28. The highest BCUT2D eigenvalue weighted by molar-refractivity contribution is 6.21. The Morgan fingerprint density at radius 2 is 1.11 bits per heavy atom. The largest absolute Gasteiger partial charge is 0.103 e. The van der Waals surface area contributed by atoms with Crippen LogP contribution in [0.5, 0.6) is 0 Å². The molecule has 1 unspecified atom stereocenters. The lowest BCUT2D eigenvalue weighted by Gasteiger charge is -2.19. The highest BCUT2D eigenvalue weighted by atomic mass is 14.2. The van der Waals surface area contributed by atoms with Crippen LogP contribution in [0.4, 0.5) is 0 Å². The number of benzene rings is 6. The Morgan fingerprint density at radius 1 is 0.571 bits per heavy atom. The highest BCUT2D eigenvalue weighted by Gasteiger charge is 2.17. The van der Waals surface area contributed by atoms with Crippen molar-refractivity contribution >= 4 is 32.3 Å². The molecule has 6 aromatic carbocycles. The Bertz CT molecular complexity index is 1650. The summed E-state index contributed by atoms with van der Waals surface area (Å²) in [5.74, 6) is 0.446. The van der Waals surface area contributed by atoms with Crippen LogP contribution in [0.3, 0.4) is 0 Å². The summed E-state index contributed by atoms with van der Waals surface area (Å²) in [5.41, 5.74) is 6.51. The van der Waals surface area contributed by atoms with Crippen molar-refractivity contribution in [3.8, 4) is 22.3 Å². The van der Waals surface area contributed by atoms with Gasteiger partial charge in [-0.15, -0.1) is 6.58 Å². The average molecular weight is 449 g/mol. The van der Waals surface area contributed by atoms with E-state index in [2.05, 4.69) is 129 Å². The van der Waals surface area contributed by atoms with E-state index in [-0.39, 0.29) is 0 Å². The van der Waals surface area contributed by atoms with E-state index in [1.165, 1.54) is 60.1 Å². The van der Waals surface area contributed by atoms with E-state index in [0.717, 1.165) is 6.42 Å². The van der Waals surface area contributed by atoms with Crippen LogP contribution in [0.2, 0.25) is 0 Å². The summed E-state index contributed by atoms with van der Waals surface area (Å²) in [7, 11) is 0. The van der Waals surface area contributed by atoms with Gasteiger partial charge in [0.1, 0.15) is 0 Å². The molecule has 0 fully saturated rings. The molecule has 0 bridgehead atoms. The second-order valence-electron chi connectivity index (χ2n) is 9.45. The first-order valence-corrected chi connectivity index (χ1v) is 12.4. The Labute approximate surface area is 207 Å². The normalized spacial score (nSPS) is 12.3. The van der Waals surface area contributed by atoms with Crippen LogP contribution in [0.15, 0.2) is 128 Å². The van der Waals surface area contributed by atoms with Gasteiger partial charge in [-0.3, -0.25) is 0 Å². The summed E-state index contributed by atoms with van der Waals surface area (Å²) < 4.78 is 0. The van der Waals surface area contributed by atoms with Gasteiger partial charge in [0, 0.05) is 0 Å². The molecule has 6 rings (SSSR count). The Kier molecular flexibility index (Phi) is 5.43. The lowest BCUT2D eigenvalue weighted by molar-refractivity contribution is 0.782. The van der Waals surface area contributed by atoms with Crippen LogP contribution < -0.4 is 0 Å². The molecule has 35 heavy (non-hydrogen) atoms. The number of rotatable bonds is 5. The van der Waals surface area contributed by atoms with Gasteiger partial charge in [-0.1, -0.05) is 122 Å². The molecule has 0 radical (unpaired) electrons. The van der Waals surface area contributed by atoms with Crippen molar-refractivity contribution in [3.63, 3.8) is 0 Å². The molecule has 6 aromatic rings. The molecule has 1 atom stereocenters. The maximum atomic E-state index is 3.95. The van der Waals surface area contributed by atoms with Gasteiger partial charge >= 0.3 is 0 Å². The fourth-order valence-corrected chi connectivity index (χ4v) is 5.48. The van der Waals surface area contributed by atoms with Gasteiger partial charge < -0.3 is 0 Å². The van der Waals surface area contributed by atoms with Crippen molar-refractivity contribution in [2.75, 3.05) is 0 Å². The van der Waals surface area contributed by atoms with Crippen LogP contribution >= 0.6 is 0 Å². The van der Waals surface area contributed by atoms with Crippen molar-refractivity contribution in [2.45, 2.75) is 19.3 Å². The quantitative estimate of drug-likeness (QED) is 0.182. The van der Waals surface area contributed by atoms with Crippen molar-refractivity contribution in [2.24, 2.45) is 0 Å². The molecule has 0 amide bonds. The fourth-order valence-electron chi connectivity index (χ4n) is 5.48. The average Bonchev–Trinajstić information content (AvgIpc) is 2.91. The van der Waals surface area contributed by atoms with E-state index in [9.17, 15) is 0 Å². The van der Waals surface area contributed by atoms with Crippen molar-refractivity contribution in [3.05, 3.63) is 133 Å². The maximum Gasteiger partial charge on any atom is -0.00262 e. The highest BCUT2D eigenvalue weighted by Crippen LogP contribution is 2.44. The predicted octanol–water partition coefficient (Wildman–Crippen LogP) is 10.2. The summed E-state index contributed by atoms with van der Waals surface area (Å²) in [4.78, 5) is 0. The molecule has 0 saturated carbocycles. The molecule has 0 spiro atoms. The number of allylic oxidation sites excluding steroid dienone is 1. The van der Waals surface area contributed by atoms with Crippen molar-refractivity contribution < 1.29 is 0 Å². The van der Waals surface area contributed by atoms with E-state index >= 15 is 0 Å². The topological polar surface area (TPSA) is 0 Å². The van der Waals surface area contributed by atoms with Crippen LogP contribution in [0.25, 0.3) is 54.6 Å². The van der Waals surface area contributed by atoms with Gasteiger partial charge in [-0.2, -0.15) is 0 Å². The molecular weight excluding hydrogens is 420 g/mol. The number of hydrogen-bond donors (Lipinski definition) is 0. The van der Waals surface area contributed by atoms with E-state index < -0.39 is 0 Å². The molecule has 0 aliphatic rings. The summed E-state index contributed by atoms with van der Waals surface area (Å²) in [6, 6.07) is 42.3. The number of hydrogen-bond acceptors (Lipinski definition) is 0. The first-order chi connectivity index (χ1) is 17.2. The summed E-state index contributed by atoms with van der Waals surface area (Å²) in [6.07, 6.45) is 2.99. The third-order valence-electron chi connectivity index (χ3n) is 7.23. The van der Waals surface area contributed by atoms with Gasteiger partial charge in [-0.05, 0) is 78.5 Å². The second kappa shape index (κ2) is 8.89. The molecule has 0 saturated heterocycles. The zero-order valence-electron chi connectivity index (χ0n) is 20.0. The van der Waals surface area contributed by atoms with Gasteiger partial charge in [0.2, 0.25) is 0 Å².